The zero-order chi connectivity index (χ0) is 99.2. The second-order valence-electron chi connectivity index (χ2n) is 35.3. The van der Waals surface area contributed by atoms with Crippen LogP contribution in [0.4, 0.5) is 0 Å². The van der Waals surface area contributed by atoms with Crippen LogP contribution >= 0.6 is 0 Å². The quantitative estimate of drug-likeness (QED) is 0.0118. The van der Waals surface area contributed by atoms with Crippen molar-refractivity contribution in [2.24, 2.45) is 15.6 Å². The molecular formula is C105H117N7O29. The second kappa shape index (κ2) is 51.9. The largest absolute Gasteiger partial charge is 0.467 e. The van der Waals surface area contributed by atoms with Crippen LogP contribution in [0, 0.1) is 5.41 Å². The number of amides is 1. The van der Waals surface area contributed by atoms with Crippen molar-refractivity contribution in [3.8, 4) is 0 Å². The predicted octanol–water partition coefficient (Wildman–Crippen LogP) is 13.5. The SMILES string of the molecule is COC(=O)[C@@H]1O[C@@H](O[C@H]2[C@H](OCc3ccccc3)[C@@H](NC(C)=O)[C@@H](OC(C)C)O[C@@H]2COC(=O)c2ccccc2)[C@H](OC(=O)C(C)(C)C)[C@@H](OCc2ccccc2)[C@@H]1O[C@H]1O[C@H](COCc2ccccc2)[C@@H](O[C@@H]2O[C@@H](C(=O)OC)[C@@H](O[C@H]3O[C@H](COC(=O)c4ccccc4)[C@@H](O)[C@H](OCc4ccccc4)[C@H]3N=[N+]=[N-])[C@H](OCc3ccccc3)[C@H]2OCc2ccccc2)[C@H](OCc2ccccc2)[C@H]1N=[N+]=[N-]. The van der Waals surface area contributed by atoms with Gasteiger partial charge in [-0.05, 0) is 109 Å². The lowest BCUT2D eigenvalue weighted by Crippen LogP contribution is -2.70. The van der Waals surface area contributed by atoms with Crippen molar-refractivity contribution in [3.05, 3.63) is 344 Å². The van der Waals surface area contributed by atoms with Crippen molar-refractivity contribution < 1.29 is 138 Å². The Hall–Kier alpha value is -12.3. The summed E-state index contributed by atoms with van der Waals surface area (Å²) >= 11 is 0. The highest BCUT2D eigenvalue weighted by Gasteiger charge is 2.62. The summed E-state index contributed by atoms with van der Waals surface area (Å²) in [5, 5.41) is 24.1. The third kappa shape index (κ3) is 28.6. The van der Waals surface area contributed by atoms with E-state index in [2.05, 4.69) is 25.4 Å². The molecule has 141 heavy (non-hydrogen) atoms. The number of esters is 5. The van der Waals surface area contributed by atoms with Crippen molar-refractivity contribution >= 4 is 35.8 Å². The van der Waals surface area contributed by atoms with E-state index < -0.39 is 220 Å². The van der Waals surface area contributed by atoms with E-state index in [9.17, 15) is 30.6 Å². The lowest BCUT2D eigenvalue weighted by Gasteiger charge is -2.52. The van der Waals surface area contributed by atoms with Crippen LogP contribution in [0.2, 0.25) is 0 Å². The first kappa shape index (κ1) is 105. The summed E-state index contributed by atoms with van der Waals surface area (Å²) in [7, 11) is 2.19. The molecule has 0 bridgehead atoms. The molecule has 5 aliphatic rings. The number of benzene rings is 9. The molecule has 5 saturated heterocycles. The molecule has 5 heterocycles. The minimum Gasteiger partial charge on any atom is -0.467 e. The lowest BCUT2D eigenvalue weighted by molar-refractivity contribution is -0.385. The highest BCUT2D eigenvalue weighted by atomic mass is 16.8. The van der Waals surface area contributed by atoms with Crippen LogP contribution in [-0.2, 0) is 170 Å². The molecule has 0 aliphatic carbocycles. The minimum absolute atomic E-state index is 0.0859. The van der Waals surface area contributed by atoms with E-state index in [-0.39, 0.29) is 57.4 Å². The molecule has 2 N–H and O–H groups in total. The number of aliphatic hydroxyl groups is 1. The summed E-state index contributed by atoms with van der Waals surface area (Å²) in [5.41, 5.74) is 25.3. The van der Waals surface area contributed by atoms with E-state index in [0.717, 1.165) is 14.2 Å². The topological polar surface area (TPSA) is 435 Å². The van der Waals surface area contributed by atoms with Crippen LogP contribution in [0.25, 0.3) is 20.9 Å². The Morgan fingerprint density at radius 1 is 0.376 bits per heavy atom. The maximum Gasteiger partial charge on any atom is 0.338 e. The average molecular weight is 1940 g/mol. The number of carbonyl (C=O) groups is 6. The molecule has 0 unspecified atom stereocenters. The van der Waals surface area contributed by atoms with Gasteiger partial charge in [0, 0.05) is 16.7 Å². The Kier molecular flexibility index (Phi) is 38.5. The fourth-order valence-corrected chi connectivity index (χ4v) is 16.8. The molecule has 0 saturated carbocycles. The molecule has 9 aromatic rings. The van der Waals surface area contributed by atoms with E-state index in [1.807, 2.05) is 54.6 Å². The summed E-state index contributed by atoms with van der Waals surface area (Å²) in [6, 6.07) is 74.3. The molecule has 9 aromatic carbocycles. The number of hydrogen-bond acceptors (Lipinski definition) is 31. The third-order valence-corrected chi connectivity index (χ3v) is 23.8. The van der Waals surface area contributed by atoms with Crippen LogP contribution in [-0.4, -0.2) is 234 Å². The fourth-order valence-electron chi connectivity index (χ4n) is 16.8. The number of carbonyl (C=O) groups excluding carboxylic acids is 6. The number of nitrogens with zero attached hydrogens (tertiary/aromatic N) is 6. The smallest absolute Gasteiger partial charge is 0.338 e. The van der Waals surface area contributed by atoms with Crippen molar-refractivity contribution in [2.45, 2.75) is 247 Å². The third-order valence-electron chi connectivity index (χ3n) is 23.8. The zero-order valence-electron chi connectivity index (χ0n) is 79.1. The van der Waals surface area contributed by atoms with Gasteiger partial charge < -0.3 is 115 Å². The van der Waals surface area contributed by atoms with Gasteiger partial charge in [0.25, 0.3) is 0 Å². The molecular weight excluding hydrogens is 1820 g/mol. The Morgan fingerprint density at radius 2 is 0.695 bits per heavy atom. The van der Waals surface area contributed by atoms with Crippen molar-refractivity contribution in [2.75, 3.05) is 34.0 Å². The van der Waals surface area contributed by atoms with Crippen LogP contribution in [0.15, 0.2) is 283 Å². The summed E-state index contributed by atoms with van der Waals surface area (Å²) < 4.78 is 150. The standard InChI is InChI=1S/C105H117N7O29/c1-64(2)131-99-78(108-65(3)113)85(124-56-68-40-22-11-23-41-68)83(77(134-99)63-130-96(116)74-52-34-17-35-53-74)136-103-94(141-104(119)105(4,5)6)88(127-59-71-46-28-14-29-47-71)90(92(140-103)98(118)121-8)138-101-80(110-112-107)86(125-57-69-42-24-12-25-43-69)82(76(133-101)61-122-54-66-36-18-9-19-37-66)135-102-93(128-60-72-48-30-15-31-49-72)87(126-58-70-44-26-13-27-45-70)89(91(139-102)97(117)120-7)137-100-79(109-111-106)84(123-55-67-38-20-10-21-39-67)81(114)75(132-100)62-129-95(115)73-50-32-16-33-51-73/h9-53,64,75-94,99-103,114H,54-63H2,1-8H3,(H,108,113)/t75-,76-,77-,78-,79-,80-,81-,82-,83-,84-,85-,86-,87+,88+,89+,90+,91-,92-,93-,94-,99+,100-,101-,102-,103-/m1/s1. The first-order valence-electron chi connectivity index (χ1n) is 46.5. The molecule has 25 atom stereocenters. The number of azide groups is 2. The Bertz CT molecular complexity index is 5500. The van der Waals surface area contributed by atoms with E-state index in [1.54, 1.807) is 253 Å². The summed E-state index contributed by atoms with van der Waals surface area (Å²) in [5.74, 6) is -5.21. The normalized spacial score (nSPS) is 27.7. The van der Waals surface area contributed by atoms with E-state index in [4.69, 9.17) is 104 Å². The van der Waals surface area contributed by atoms with Crippen molar-refractivity contribution in [3.63, 3.8) is 0 Å². The summed E-state index contributed by atoms with van der Waals surface area (Å²) in [6.07, 6.45) is -38.5. The predicted molar refractivity (Wildman–Crippen MR) is 502 cm³/mol. The van der Waals surface area contributed by atoms with Crippen LogP contribution < -0.4 is 5.32 Å². The molecule has 0 spiro atoms. The molecule has 36 nitrogen and oxygen atoms in total. The lowest BCUT2D eigenvalue weighted by atomic mass is 9.93. The van der Waals surface area contributed by atoms with Gasteiger partial charge in [-0.25, -0.2) is 19.2 Å². The first-order valence-corrected chi connectivity index (χ1v) is 46.5. The number of nitrogens with one attached hydrogen (secondary N) is 1. The molecule has 746 valence electrons. The van der Waals surface area contributed by atoms with Gasteiger partial charge in [0.2, 0.25) is 5.91 Å². The maximum absolute atomic E-state index is 15.6. The van der Waals surface area contributed by atoms with Gasteiger partial charge in [-0.2, -0.15) is 0 Å². The van der Waals surface area contributed by atoms with Gasteiger partial charge in [-0.3, -0.25) is 9.59 Å². The summed E-state index contributed by atoms with van der Waals surface area (Å²) in [4.78, 5) is 94.8. The Morgan fingerprint density at radius 3 is 1.09 bits per heavy atom. The van der Waals surface area contributed by atoms with Crippen LogP contribution in [0.3, 0.4) is 0 Å². The number of methoxy groups -OCH3 is 2. The molecule has 5 fully saturated rings. The number of aliphatic hydroxyl groups excluding tert-OH is 1. The number of ether oxygens (including phenoxy) is 22. The average Bonchev–Trinajstić information content (AvgIpc) is 0.751. The Labute approximate surface area is 816 Å². The van der Waals surface area contributed by atoms with Gasteiger partial charge in [0.1, 0.15) is 111 Å². The minimum atomic E-state index is -2.07. The van der Waals surface area contributed by atoms with Gasteiger partial charge in [0.05, 0.1) is 95.8 Å². The highest BCUT2D eigenvalue weighted by molar-refractivity contribution is 5.90. The van der Waals surface area contributed by atoms with Crippen LogP contribution in [0.5, 0.6) is 0 Å². The van der Waals surface area contributed by atoms with E-state index in [1.165, 1.54) is 6.92 Å². The van der Waals surface area contributed by atoms with Gasteiger partial charge in [0.15, 0.2) is 49.8 Å². The molecule has 36 heteroatoms. The van der Waals surface area contributed by atoms with Crippen molar-refractivity contribution in [1.82, 2.24) is 5.32 Å². The number of hydrogen-bond donors (Lipinski definition) is 2. The first-order chi connectivity index (χ1) is 68.5. The molecule has 14 rings (SSSR count). The second-order valence-corrected chi connectivity index (χ2v) is 35.3. The van der Waals surface area contributed by atoms with Gasteiger partial charge >= 0.3 is 29.8 Å². The van der Waals surface area contributed by atoms with E-state index in [0.29, 0.717) is 38.9 Å². The molecule has 0 aromatic heterocycles. The zero-order valence-corrected chi connectivity index (χ0v) is 79.1. The van der Waals surface area contributed by atoms with E-state index >= 15 is 14.4 Å². The maximum atomic E-state index is 15.6. The number of rotatable bonds is 44. The molecule has 1 amide bonds. The molecule has 5 aliphatic heterocycles. The van der Waals surface area contributed by atoms with Gasteiger partial charge in [-0.15, -0.1) is 0 Å². The highest BCUT2D eigenvalue weighted by Crippen LogP contribution is 2.43. The fraction of sp³-hybridized carbons (Fsp3) is 0.429. The van der Waals surface area contributed by atoms with Gasteiger partial charge in [-0.1, -0.05) is 259 Å². The van der Waals surface area contributed by atoms with Crippen LogP contribution in [0.1, 0.15) is 101 Å². The monoisotopic (exact) mass is 1940 g/mol. The summed E-state index contributed by atoms with van der Waals surface area (Å²) in [6.45, 7) is 6.41. The Balaban J connectivity index is 0.898. The molecule has 0 radical (unpaired) electrons. The van der Waals surface area contributed by atoms with Crippen molar-refractivity contribution in [1.29, 1.82) is 0 Å².